The van der Waals surface area contributed by atoms with Crippen molar-refractivity contribution in [2.24, 2.45) is 0 Å². The van der Waals surface area contributed by atoms with Crippen molar-refractivity contribution >= 4 is 33.1 Å². The van der Waals surface area contributed by atoms with Gasteiger partial charge in [-0.25, -0.2) is 9.97 Å². The molecule has 1 fully saturated rings. The summed E-state index contributed by atoms with van der Waals surface area (Å²) < 4.78 is 5.42. The van der Waals surface area contributed by atoms with Crippen molar-refractivity contribution in [3.63, 3.8) is 0 Å². The van der Waals surface area contributed by atoms with Gasteiger partial charge in [0.25, 0.3) is 5.69 Å². The molecule has 0 spiro atoms. The van der Waals surface area contributed by atoms with Gasteiger partial charge in [-0.1, -0.05) is 0 Å². The smallest absolute Gasteiger partial charge is 0.269 e. The minimum atomic E-state index is -0.401. The minimum Gasteiger partial charge on any atom is -0.383 e. The summed E-state index contributed by atoms with van der Waals surface area (Å²) in [6.45, 7) is 3.94. The number of fused-ring (bicyclic) bond motifs is 1. The predicted octanol–water partition coefficient (Wildman–Crippen LogP) is 2.68. The Morgan fingerprint density at radius 1 is 1.23 bits per heavy atom. The van der Waals surface area contributed by atoms with Crippen molar-refractivity contribution < 1.29 is 9.66 Å². The number of morpholine rings is 1. The van der Waals surface area contributed by atoms with Gasteiger partial charge in [0.15, 0.2) is 0 Å². The quantitative estimate of drug-likeness (QED) is 0.555. The van der Waals surface area contributed by atoms with Crippen LogP contribution in [0, 0.1) is 10.1 Å². The molecule has 0 saturated carbocycles. The van der Waals surface area contributed by atoms with Gasteiger partial charge in [-0.3, -0.25) is 15.0 Å². The van der Waals surface area contributed by atoms with E-state index in [-0.39, 0.29) is 5.69 Å². The highest BCUT2D eigenvalue weighted by molar-refractivity contribution is 7.19. The van der Waals surface area contributed by atoms with E-state index in [4.69, 9.17) is 10.5 Å². The zero-order valence-corrected chi connectivity index (χ0v) is 14.7. The highest BCUT2D eigenvalue weighted by Crippen LogP contribution is 2.41. The molecule has 134 valence electrons. The fourth-order valence-corrected chi connectivity index (χ4v) is 4.34. The van der Waals surface area contributed by atoms with Gasteiger partial charge in [0.05, 0.1) is 23.5 Å². The Bertz CT molecular complexity index is 951. The van der Waals surface area contributed by atoms with Crippen molar-refractivity contribution in [1.82, 2.24) is 14.9 Å². The van der Waals surface area contributed by atoms with Gasteiger partial charge in [0.2, 0.25) is 0 Å². The third kappa shape index (κ3) is 3.12. The van der Waals surface area contributed by atoms with E-state index in [0.717, 1.165) is 59.1 Å². The maximum atomic E-state index is 10.9. The van der Waals surface area contributed by atoms with E-state index in [0.29, 0.717) is 5.82 Å². The Hall–Kier alpha value is -2.62. The summed E-state index contributed by atoms with van der Waals surface area (Å²) in [6.07, 6.45) is 1.46. The third-order valence-electron chi connectivity index (χ3n) is 4.43. The van der Waals surface area contributed by atoms with Crippen molar-refractivity contribution in [3.05, 3.63) is 45.6 Å². The highest BCUT2D eigenvalue weighted by atomic mass is 32.1. The monoisotopic (exact) mass is 371 g/mol. The lowest BCUT2D eigenvalue weighted by molar-refractivity contribution is -0.384. The van der Waals surface area contributed by atoms with Gasteiger partial charge < -0.3 is 10.5 Å². The molecule has 26 heavy (non-hydrogen) atoms. The van der Waals surface area contributed by atoms with Gasteiger partial charge in [-0.15, -0.1) is 11.3 Å². The molecule has 3 heterocycles. The number of hydrogen-bond acceptors (Lipinski definition) is 8. The predicted molar refractivity (Wildman–Crippen MR) is 100 cm³/mol. The molecule has 0 atom stereocenters. The van der Waals surface area contributed by atoms with Crippen molar-refractivity contribution in [3.8, 4) is 11.1 Å². The Kier molecular flexibility index (Phi) is 4.49. The molecule has 1 saturated heterocycles. The number of aromatic nitrogens is 2. The van der Waals surface area contributed by atoms with Crippen LogP contribution in [0.15, 0.2) is 30.6 Å². The van der Waals surface area contributed by atoms with Crippen molar-refractivity contribution in [1.29, 1.82) is 0 Å². The molecule has 1 aliphatic heterocycles. The number of anilines is 1. The van der Waals surface area contributed by atoms with E-state index >= 15 is 0 Å². The molecule has 2 N–H and O–H groups in total. The fourth-order valence-electron chi connectivity index (χ4n) is 3.13. The third-order valence-corrected chi connectivity index (χ3v) is 5.51. The molecule has 8 nitrogen and oxygen atoms in total. The van der Waals surface area contributed by atoms with E-state index < -0.39 is 4.92 Å². The van der Waals surface area contributed by atoms with Gasteiger partial charge in [0, 0.05) is 42.2 Å². The largest absolute Gasteiger partial charge is 0.383 e. The summed E-state index contributed by atoms with van der Waals surface area (Å²) in [6, 6.07) is 6.54. The van der Waals surface area contributed by atoms with Crippen LogP contribution in [0.1, 0.15) is 4.88 Å². The van der Waals surface area contributed by atoms with Crippen LogP contribution in [0.25, 0.3) is 21.3 Å². The molecule has 1 aromatic carbocycles. The van der Waals surface area contributed by atoms with Crippen LogP contribution in [-0.4, -0.2) is 46.1 Å². The minimum absolute atomic E-state index is 0.0623. The summed E-state index contributed by atoms with van der Waals surface area (Å²) in [4.78, 5) is 23.3. The number of thiophene rings is 1. The van der Waals surface area contributed by atoms with E-state index in [1.54, 1.807) is 23.5 Å². The SMILES string of the molecule is Nc1ncnc2sc(CN3CCOCC3)c(-c3ccc([N+](=O)[O-])cc3)c12. The maximum Gasteiger partial charge on any atom is 0.269 e. The van der Waals surface area contributed by atoms with Gasteiger partial charge in [0.1, 0.15) is 17.0 Å². The van der Waals surface area contributed by atoms with E-state index in [1.807, 2.05) is 0 Å². The number of nitrogens with two attached hydrogens (primary N) is 1. The molecule has 1 aliphatic rings. The normalized spacial score (nSPS) is 15.4. The molecule has 0 amide bonds. The summed E-state index contributed by atoms with van der Waals surface area (Å²) in [5.41, 5.74) is 8.04. The first-order valence-electron chi connectivity index (χ1n) is 8.20. The first-order valence-corrected chi connectivity index (χ1v) is 9.02. The first-order chi connectivity index (χ1) is 12.6. The van der Waals surface area contributed by atoms with Crippen LogP contribution in [0.3, 0.4) is 0 Å². The number of nitro benzene ring substituents is 1. The standard InChI is InChI=1S/C17H17N5O3S/c18-16-15-14(11-1-3-12(4-2-11)22(23)24)13(26-17(15)20-10-19-16)9-21-5-7-25-8-6-21/h1-4,10H,5-9H2,(H2,18,19,20). The fraction of sp³-hybridized carbons (Fsp3) is 0.294. The number of rotatable bonds is 4. The average Bonchev–Trinajstić information content (AvgIpc) is 3.02. The number of nitrogen functional groups attached to an aromatic ring is 1. The van der Waals surface area contributed by atoms with E-state index in [9.17, 15) is 10.1 Å². The average molecular weight is 371 g/mol. The van der Waals surface area contributed by atoms with E-state index in [2.05, 4.69) is 14.9 Å². The van der Waals surface area contributed by atoms with Crippen LogP contribution >= 0.6 is 11.3 Å². The lowest BCUT2D eigenvalue weighted by Gasteiger charge is -2.26. The molecule has 0 radical (unpaired) electrons. The Balaban J connectivity index is 1.81. The number of benzene rings is 1. The number of nitrogens with zero attached hydrogens (tertiary/aromatic N) is 4. The first kappa shape index (κ1) is 16.8. The highest BCUT2D eigenvalue weighted by Gasteiger charge is 2.21. The second-order valence-corrected chi connectivity index (χ2v) is 7.12. The van der Waals surface area contributed by atoms with Crippen LogP contribution in [0.2, 0.25) is 0 Å². The van der Waals surface area contributed by atoms with Crippen LogP contribution in [0.5, 0.6) is 0 Å². The van der Waals surface area contributed by atoms with Crippen LogP contribution < -0.4 is 5.73 Å². The Morgan fingerprint density at radius 2 is 1.96 bits per heavy atom. The van der Waals surface area contributed by atoms with E-state index in [1.165, 1.54) is 18.5 Å². The number of non-ortho nitro benzene ring substituents is 1. The summed E-state index contributed by atoms with van der Waals surface area (Å²) in [5, 5.41) is 11.8. The zero-order valence-electron chi connectivity index (χ0n) is 13.9. The van der Waals surface area contributed by atoms with Gasteiger partial charge in [-0.2, -0.15) is 0 Å². The topological polar surface area (TPSA) is 107 Å². The molecule has 2 aromatic heterocycles. The lowest BCUT2D eigenvalue weighted by atomic mass is 10.0. The summed E-state index contributed by atoms with van der Waals surface area (Å²) in [5.74, 6) is 0.424. The van der Waals surface area contributed by atoms with Crippen molar-refractivity contribution in [2.45, 2.75) is 6.54 Å². The zero-order chi connectivity index (χ0) is 18.1. The Labute approximate surface area is 153 Å². The lowest BCUT2D eigenvalue weighted by Crippen LogP contribution is -2.35. The second-order valence-electron chi connectivity index (χ2n) is 6.03. The molecule has 0 bridgehead atoms. The summed E-state index contributed by atoms with van der Waals surface area (Å²) in [7, 11) is 0. The van der Waals surface area contributed by atoms with Crippen LogP contribution in [-0.2, 0) is 11.3 Å². The number of ether oxygens (including phenoxy) is 1. The molecule has 9 heteroatoms. The second kappa shape index (κ2) is 6.94. The van der Waals surface area contributed by atoms with Crippen molar-refractivity contribution in [2.75, 3.05) is 32.0 Å². The molecular weight excluding hydrogens is 354 g/mol. The molecule has 4 rings (SSSR count). The summed E-state index contributed by atoms with van der Waals surface area (Å²) >= 11 is 1.59. The van der Waals surface area contributed by atoms with Crippen LogP contribution in [0.4, 0.5) is 11.5 Å². The van der Waals surface area contributed by atoms with Gasteiger partial charge in [-0.05, 0) is 17.7 Å². The van der Waals surface area contributed by atoms with Gasteiger partial charge >= 0.3 is 0 Å². The molecule has 0 aliphatic carbocycles. The maximum absolute atomic E-state index is 10.9. The molecule has 3 aromatic rings. The molecule has 0 unspecified atom stereocenters. The number of nitro groups is 1. The Morgan fingerprint density at radius 3 is 2.65 bits per heavy atom. The molecular formula is C17H17N5O3S. The number of hydrogen-bond donors (Lipinski definition) is 1.